The molecule has 2 N–H and O–H groups in total. The van der Waals surface area contributed by atoms with Crippen molar-refractivity contribution in [3.8, 4) is 0 Å². The van der Waals surface area contributed by atoms with Crippen LogP contribution in [0, 0.1) is 11.6 Å². The fourth-order valence-corrected chi connectivity index (χ4v) is 2.33. The average molecular weight is 240 g/mol. The molecule has 1 saturated heterocycles. The molecule has 0 bridgehead atoms. The molecular formula is C13H18F2N2. The third kappa shape index (κ3) is 3.16. The summed E-state index contributed by atoms with van der Waals surface area (Å²) in [6.45, 7) is 3.00. The Bertz CT molecular complexity index is 355. The van der Waals surface area contributed by atoms with Crippen LogP contribution in [0.1, 0.15) is 26.2 Å². The van der Waals surface area contributed by atoms with Crippen molar-refractivity contribution in [3.05, 3.63) is 29.8 Å². The van der Waals surface area contributed by atoms with Crippen LogP contribution >= 0.6 is 0 Å². The van der Waals surface area contributed by atoms with Crippen molar-refractivity contribution >= 4 is 5.69 Å². The van der Waals surface area contributed by atoms with Crippen LogP contribution < -0.4 is 10.6 Å². The molecule has 17 heavy (non-hydrogen) atoms. The monoisotopic (exact) mass is 240 g/mol. The molecule has 0 aromatic heterocycles. The molecular weight excluding hydrogens is 222 g/mol. The smallest absolute Gasteiger partial charge is 0.149 e. The van der Waals surface area contributed by atoms with Gasteiger partial charge < -0.3 is 10.6 Å². The second-order valence-electron chi connectivity index (χ2n) is 4.67. The molecule has 2 unspecified atom stereocenters. The van der Waals surface area contributed by atoms with Crippen LogP contribution in [0.2, 0.25) is 0 Å². The highest BCUT2D eigenvalue weighted by Gasteiger charge is 2.18. The summed E-state index contributed by atoms with van der Waals surface area (Å²) in [4.78, 5) is 0. The molecule has 0 saturated carbocycles. The zero-order valence-electron chi connectivity index (χ0n) is 9.97. The van der Waals surface area contributed by atoms with E-state index in [9.17, 15) is 8.78 Å². The molecule has 0 spiro atoms. The summed E-state index contributed by atoms with van der Waals surface area (Å²) in [6.07, 6.45) is 3.21. The fourth-order valence-electron chi connectivity index (χ4n) is 2.33. The topological polar surface area (TPSA) is 24.1 Å². The number of rotatable bonds is 4. The molecule has 1 aromatic rings. The number of nitrogens with one attached hydrogen (secondary N) is 2. The molecule has 2 nitrogen and oxygen atoms in total. The molecule has 1 aliphatic heterocycles. The maximum Gasteiger partial charge on any atom is 0.149 e. The van der Waals surface area contributed by atoms with Crippen molar-refractivity contribution in [2.75, 3.05) is 11.9 Å². The first-order chi connectivity index (χ1) is 8.16. The Morgan fingerprint density at radius 3 is 2.71 bits per heavy atom. The van der Waals surface area contributed by atoms with Gasteiger partial charge >= 0.3 is 0 Å². The lowest BCUT2D eigenvalue weighted by Gasteiger charge is -2.20. The van der Waals surface area contributed by atoms with E-state index in [4.69, 9.17) is 0 Å². The Kier molecular flexibility index (Phi) is 3.94. The van der Waals surface area contributed by atoms with Gasteiger partial charge in [0.15, 0.2) is 0 Å². The average Bonchev–Trinajstić information content (AvgIpc) is 2.76. The third-order valence-corrected chi connectivity index (χ3v) is 3.15. The van der Waals surface area contributed by atoms with Crippen molar-refractivity contribution in [3.63, 3.8) is 0 Å². The molecule has 94 valence electrons. The normalized spacial score (nSPS) is 21.5. The summed E-state index contributed by atoms with van der Waals surface area (Å²) < 4.78 is 26.8. The molecule has 0 aliphatic carbocycles. The lowest BCUT2D eigenvalue weighted by atomic mass is 10.1. The van der Waals surface area contributed by atoms with Crippen molar-refractivity contribution in [2.45, 2.75) is 38.3 Å². The van der Waals surface area contributed by atoms with E-state index in [0.717, 1.165) is 19.4 Å². The van der Waals surface area contributed by atoms with Crippen LogP contribution in [0.3, 0.4) is 0 Å². The Balaban J connectivity index is 1.95. The van der Waals surface area contributed by atoms with Gasteiger partial charge in [-0.3, -0.25) is 0 Å². The number of halogens is 2. The van der Waals surface area contributed by atoms with E-state index in [1.54, 1.807) is 0 Å². The van der Waals surface area contributed by atoms with Crippen molar-refractivity contribution in [1.29, 1.82) is 0 Å². The van der Waals surface area contributed by atoms with Crippen LogP contribution in [0.15, 0.2) is 18.2 Å². The first-order valence-corrected chi connectivity index (χ1v) is 6.10. The Hall–Kier alpha value is -1.16. The van der Waals surface area contributed by atoms with Gasteiger partial charge in [-0.25, -0.2) is 8.78 Å². The number of hydrogen-bond acceptors (Lipinski definition) is 2. The minimum Gasteiger partial charge on any atom is -0.378 e. The summed E-state index contributed by atoms with van der Waals surface area (Å²) in [6, 6.07) is 4.43. The quantitative estimate of drug-likeness (QED) is 0.845. The number of para-hydroxylation sites is 1. The second kappa shape index (κ2) is 5.45. The zero-order chi connectivity index (χ0) is 12.3. The summed E-state index contributed by atoms with van der Waals surface area (Å²) in [5.74, 6) is -1.06. The summed E-state index contributed by atoms with van der Waals surface area (Å²) >= 11 is 0. The molecule has 1 aromatic carbocycles. The number of hydrogen-bond donors (Lipinski definition) is 2. The predicted octanol–water partition coefficient (Wildman–Crippen LogP) is 2.91. The highest BCUT2D eigenvalue weighted by atomic mass is 19.1. The lowest BCUT2D eigenvalue weighted by molar-refractivity contribution is 0.516. The van der Waals surface area contributed by atoms with E-state index < -0.39 is 11.6 Å². The van der Waals surface area contributed by atoms with Gasteiger partial charge in [0, 0.05) is 12.1 Å². The van der Waals surface area contributed by atoms with E-state index >= 15 is 0 Å². The largest absolute Gasteiger partial charge is 0.378 e. The molecule has 0 amide bonds. The van der Waals surface area contributed by atoms with Crippen molar-refractivity contribution < 1.29 is 8.78 Å². The predicted molar refractivity (Wildman–Crippen MR) is 65.1 cm³/mol. The van der Waals surface area contributed by atoms with Crippen molar-refractivity contribution in [2.24, 2.45) is 0 Å². The Labute approximate surface area is 100 Å². The maximum absolute atomic E-state index is 13.4. The van der Waals surface area contributed by atoms with Gasteiger partial charge in [0.25, 0.3) is 0 Å². The molecule has 1 aliphatic rings. The molecule has 2 atom stereocenters. The van der Waals surface area contributed by atoms with E-state index in [1.165, 1.54) is 24.6 Å². The lowest BCUT2D eigenvalue weighted by Crippen LogP contribution is -2.29. The SMILES string of the molecule is CC(CC1CCCN1)Nc1c(F)cccc1F. The van der Waals surface area contributed by atoms with Crippen LogP contribution in [-0.2, 0) is 0 Å². The number of anilines is 1. The van der Waals surface area contributed by atoms with Crippen LogP contribution in [0.5, 0.6) is 0 Å². The van der Waals surface area contributed by atoms with E-state index in [1.807, 2.05) is 6.92 Å². The minimum absolute atomic E-state index is 0.0157. The molecule has 4 heteroatoms. The van der Waals surface area contributed by atoms with Crippen LogP contribution in [0.25, 0.3) is 0 Å². The fraction of sp³-hybridized carbons (Fsp3) is 0.538. The first kappa shape index (κ1) is 12.3. The van der Waals surface area contributed by atoms with E-state index in [2.05, 4.69) is 10.6 Å². The second-order valence-corrected chi connectivity index (χ2v) is 4.67. The van der Waals surface area contributed by atoms with E-state index in [0.29, 0.717) is 6.04 Å². The highest BCUT2D eigenvalue weighted by molar-refractivity contribution is 5.46. The van der Waals surface area contributed by atoms with Crippen molar-refractivity contribution in [1.82, 2.24) is 5.32 Å². The van der Waals surface area contributed by atoms with Gasteiger partial charge in [0.2, 0.25) is 0 Å². The van der Waals surface area contributed by atoms with Gasteiger partial charge in [-0.2, -0.15) is 0 Å². The van der Waals surface area contributed by atoms with Crippen LogP contribution in [0.4, 0.5) is 14.5 Å². The van der Waals surface area contributed by atoms with Crippen LogP contribution in [-0.4, -0.2) is 18.6 Å². The standard InChI is InChI=1S/C13H18F2N2/c1-9(8-10-4-3-7-16-10)17-13-11(14)5-2-6-12(13)15/h2,5-6,9-10,16-17H,3-4,7-8H2,1H3. The van der Waals surface area contributed by atoms with Gasteiger partial charge in [0.1, 0.15) is 17.3 Å². The molecule has 1 fully saturated rings. The number of benzene rings is 1. The maximum atomic E-state index is 13.4. The van der Waals surface area contributed by atoms with Gasteiger partial charge in [-0.15, -0.1) is 0 Å². The van der Waals surface area contributed by atoms with Gasteiger partial charge in [0.05, 0.1) is 0 Å². The highest BCUT2D eigenvalue weighted by Crippen LogP contribution is 2.21. The summed E-state index contributed by atoms with van der Waals surface area (Å²) in [5.41, 5.74) is -0.0157. The third-order valence-electron chi connectivity index (χ3n) is 3.15. The minimum atomic E-state index is -0.531. The Morgan fingerprint density at radius 2 is 2.12 bits per heavy atom. The first-order valence-electron chi connectivity index (χ1n) is 6.10. The molecule has 2 rings (SSSR count). The zero-order valence-corrected chi connectivity index (χ0v) is 9.97. The van der Waals surface area contributed by atoms with Gasteiger partial charge in [-0.1, -0.05) is 6.07 Å². The van der Waals surface area contributed by atoms with Gasteiger partial charge in [-0.05, 0) is 44.9 Å². The summed E-state index contributed by atoms with van der Waals surface area (Å²) in [5, 5.41) is 6.29. The Morgan fingerprint density at radius 1 is 1.41 bits per heavy atom. The van der Waals surface area contributed by atoms with E-state index in [-0.39, 0.29) is 11.7 Å². The summed E-state index contributed by atoms with van der Waals surface area (Å²) in [7, 11) is 0. The molecule has 0 radical (unpaired) electrons. The molecule has 1 heterocycles.